The molecule has 1 heterocycles. The number of hydrogen-bond acceptors (Lipinski definition) is 4. The van der Waals surface area contributed by atoms with Gasteiger partial charge in [-0.05, 0) is 32.9 Å². The second-order valence-electron chi connectivity index (χ2n) is 7.08. The average molecular weight is 360 g/mol. The zero-order valence-corrected chi connectivity index (χ0v) is 14.6. The number of benzene rings is 1. The molecule has 0 spiro atoms. The highest BCUT2D eigenvalue weighted by Gasteiger charge is 2.31. The molecule has 1 aliphatic heterocycles. The average Bonchev–Trinajstić information content (AvgIpc) is 2.47. The lowest BCUT2D eigenvalue weighted by atomic mass is 10.1. The van der Waals surface area contributed by atoms with Crippen LogP contribution in [0.2, 0.25) is 0 Å². The number of phenols is 1. The first-order valence-electron chi connectivity index (χ1n) is 8.05. The van der Waals surface area contributed by atoms with E-state index in [4.69, 9.17) is 4.74 Å². The lowest BCUT2D eigenvalue weighted by Gasteiger charge is -2.35. The van der Waals surface area contributed by atoms with E-state index in [-0.39, 0.29) is 11.8 Å². The topological polar surface area (TPSA) is 53.0 Å². The van der Waals surface area contributed by atoms with E-state index < -0.39 is 17.3 Å². The number of halogens is 3. The van der Waals surface area contributed by atoms with Crippen LogP contribution in [0.3, 0.4) is 0 Å². The maximum absolute atomic E-state index is 12.6. The Morgan fingerprint density at radius 1 is 1.16 bits per heavy atom. The summed E-state index contributed by atoms with van der Waals surface area (Å²) in [5, 5.41) is 9.84. The molecular formula is C17H23F3N2O3. The highest BCUT2D eigenvalue weighted by Crippen LogP contribution is 2.33. The molecule has 1 aliphatic rings. The van der Waals surface area contributed by atoms with Crippen molar-refractivity contribution in [2.24, 2.45) is 0 Å². The number of carbonyl (C=O) groups is 1. The molecule has 0 bridgehead atoms. The van der Waals surface area contributed by atoms with E-state index in [0.717, 1.165) is 12.1 Å². The predicted molar refractivity (Wildman–Crippen MR) is 86.2 cm³/mol. The first-order chi connectivity index (χ1) is 11.5. The van der Waals surface area contributed by atoms with Gasteiger partial charge in [-0.15, -0.1) is 0 Å². The summed E-state index contributed by atoms with van der Waals surface area (Å²) < 4.78 is 43.2. The number of ether oxygens (including phenoxy) is 1. The monoisotopic (exact) mass is 360 g/mol. The Hall–Kier alpha value is -1.96. The van der Waals surface area contributed by atoms with Crippen LogP contribution >= 0.6 is 0 Å². The molecule has 1 N–H and O–H groups in total. The molecule has 0 unspecified atom stereocenters. The van der Waals surface area contributed by atoms with Crippen LogP contribution in [-0.4, -0.2) is 52.8 Å². The summed E-state index contributed by atoms with van der Waals surface area (Å²) in [6.07, 6.45) is -4.85. The highest BCUT2D eigenvalue weighted by atomic mass is 19.4. The van der Waals surface area contributed by atoms with E-state index in [1.165, 1.54) is 6.07 Å². The largest absolute Gasteiger partial charge is 0.508 e. The van der Waals surface area contributed by atoms with E-state index in [1.807, 2.05) is 4.90 Å². The van der Waals surface area contributed by atoms with Gasteiger partial charge in [0.25, 0.3) is 0 Å². The maximum Gasteiger partial charge on any atom is 0.416 e. The van der Waals surface area contributed by atoms with E-state index >= 15 is 0 Å². The van der Waals surface area contributed by atoms with Crippen molar-refractivity contribution in [3.8, 4) is 5.75 Å². The van der Waals surface area contributed by atoms with Crippen molar-refractivity contribution in [3.63, 3.8) is 0 Å². The minimum Gasteiger partial charge on any atom is -0.508 e. The first kappa shape index (κ1) is 19.4. The Bertz CT molecular complexity index is 619. The van der Waals surface area contributed by atoms with Gasteiger partial charge in [0.2, 0.25) is 0 Å². The molecule has 25 heavy (non-hydrogen) atoms. The smallest absolute Gasteiger partial charge is 0.416 e. The quantitative estimate of drug-likeness (QED) is 0.878. The summed E-state index contributed by atoms with van der Waals surface area (Å²) in [6.45, 7) is 7.77. The number of amides is 1. The van der Waals surface area contributed by atoms with Gasteiger partial charge in [-0.25, -0.2) is 4.79 Å². The summed E-state index contributed by atoms with van der Waals surface area (Å²) in [6, 6.07) is 3.00. The molecule has 1 saturated heterocycles. The van der Waals surface area contributed by atoms with Gasteiger partial charge in [0.1, 0.15) is 11.4 Å². The van der Waals surface area contributed by atoms with Crippen LogP contribution in [0, 0.1) is 0 Å². The lowest BCUT2D eigenvalue weighted by molar-refractivity contribution is -0.137. The van der Waals surface area contributed by atoms with E-state index in [2.05, 4.69) is 0 Å². The summed E-state index contributed by atoms with van der Waals surface area (Å²) in [5.74, 6) is -0.371. The minimum absolute atomic E-state index is 0.326. The van der Waals surface area contributed by atoms with Crippen LogP contribution in [0.25, 0.3) is 0 Å². The maximum atomic E-state index is 12.6. The minimum atomic E-state index is -4.48. The molecular weight excluding hydrogens is 337 g/mol. The van der Waals surface area contributed by atoms with Crippen molar-refractivity contribution in [1.82, 2.24) is 9.80 Å². The molecule has 0 saturated carbocycles. The number of rotatable bonds is 2. The summed E-state index contributed by atoms with van der Waals surface area (Å²) in [4.78, 5) is 15.6. The summed E-state index contributed by atoms with van der Waals surface area (Å²) >= 11 is 0. The Morgan fingerprint density at radius 3 is 2.24 bits per heavy atom. The Balaban J connectivity index is 1.91. The van der Waals surface area contributed by atoms with Crippen molar-refractivity contribution in [2.45, 2.75) is 39.1 Å². The molecule has 8 heteroatoms. The molecule has 5 nitrogen and oxygen atoms in total. The SMILES string of the molecule is CC(C)(C)OC(=O)N1CCN(Cc2ccc(C(F)(F)F)cc2O)CC1. The number of piperazine rings is 1. The van der Waals surface area contributed by atoms with Crippen molar-refractivity contribution in [3.05, 3.63) is 29.3 Å². The molecule has 0 aliphatic carbocycles. The molecule has 0 aromatic heterocycles. The number of nitrogens with zero attached hydrogens (tertiary/aromatic N) is 2. The molecule has 2 rings (SSSR count). The third-order valence-electron chi connectivity index (χ3n) is 3.83. The standard InChI is InChI=1S/C17H23F3N2O3/c1-16(2,3)25-15(24)22-8-6-21(7-9-22)11-12-4-5-13(10-14(12)23)17(18,19)20/h4-5,10,23H,6-9,11H2,1-3H3. The van der Waals surface area contributed by atoms with Crippen LogP contribution < -0.4 is 0 Å². The summed E-state index contributed by atoms with van der Waals surface area (Å²) in [5.41, 5.74) is -0.998. The number of phenolic OH excluding ortho intramolecular Hbond substituents is 1. The molecule has 0 atom stereocenters. The number of aromatic hydroxyl groups is 1. The van der Waals surface area contributed by atoms with Gasteiger partial charge < -0.3 is 14.7 Å². The van der Waals surface area contributed by atoms with E-state index in [0.29, 0.717) is 38.3 Å². The normalized spacial score (nSPS) is 16.8. The van der Waals surface area contributed by atoms with Crippen molar-refractivity contribution >= 4 is 6.09 Å². The Morgan fingerprint density at radius 2 is 1.76 bits per heavy atom. The van der Waals surface area contributed by atoms with Gasteiger partial charge in [-0.3, -0.25) is 4.90 Å². The molecule has 1 aromatic carbocycles. The number of alkyl halides is 3. The highest BCUT2D eigenvalue weighted by molar-refractivity contribution is 5.68. The van der Waals surface area contributed by atoms with E-state index in [9.17, 15) is 23.1 Å². The van der Waals surface area contributed by atoms with Crippen LogP contribution in [0.15, 0.2) is 18.2 Å². The van der Waals surface area contributed by atoms with Gasteiger partial charge in [0.05, 0.1) is 5.56 Å². The lowest BCUT2D eigenvalue weighted by Crippen LogP contribution is -2.49. The van der Waals surface area contributed by atoms with Gasteiger partial charge in [0.15, 0.2) is 0 Å². The fraction of sp³-hybridized carbons (Fsp3) is 0.588. The van der Waals surface area contributed by atoms with Crippen LogP contribution in [0.5, 0.6) is 5.75 Å². The van der Waals surface area contributed by atoms with E-state index in [1.54, 1.807) is 25.7 Å². The summed E-state index contributed by atoms with van der Waals surface area (Å²) in [7, 11) is 0. The zero-order valence-electron chi connectivity index (χ0n) is 14.6. The Kier molecular flexibility index (Phi) is 5.51. The molecule has 1 aromatic rings. The van der Waals surface area contributed by atoms with Gasteiger partial charge >= 0.3 is 12.3 Å². The van der Waals surface area contributed by atoms with Gasteiger partial charge in [-0.1, -0.05) is 6.07 Å². The fourth-order valence-corrected chi connectivity index (χ4v) is 2.53. The van der Waals surface area contributed by atoms with Crippen LogP contribution in [0.4, 0.5) is 18.0 Å². The third-order valence-corrected chi connectivity index (χ3v) is 3.83. The Labute approximate surface area is 145 Å². The molecule has 140 valence electrons. The number of carbonyl (C=O) groups excluding carboxylic acids is 1. The molecule has 1 fully saturated rings. The zero-order chi connectivity index (χ0) is 18.8. The second-order valence-corrected chi connectivity index (χ2v) is 7.08. The van der Waals surface area contributed by atoms with Gasteiger partial charge in [0, 0.05) is 38.3 Å². The molecule has 0 radical (unpaired) electrons. The first-order valence-corrected chi connectivity index (χ1v) is 8.05. The van der Waals surface area contributed by atoms with Crippen molar-refractivity contribution in [1.29, 1.82) is 0 Å². The predicted octanol–water partition coefficient (Wildman–Crippen LogP) is 3.46. The second kappa shape index (κ2) is 7.11. The van der Waals surface area contributed by atoms with Crippen LogP contribution in [-0.2, 0) is 17.5 Å². The van der Waals surface area contributed by atoms with Crippen molar-refractivity contribution in [2.75, 3.05) is 26.2 Å². The van der Waals surface area contributed by atoms with Crippen LogP contribution in [0.1, 0.15) is 31.9 Å². The van der Waals surface area contributed by atoms with Gasteiger partial charge in [-0.2, -0.15) is 13.2 Å². The third kappa shape index (κ3) is 5.52. The molecule has 1 amide bonds. The number of hydrogen-bond donors (Lipinski definition) is 1. The fourth-order valence-electron chi connectivity index (χ4n) is 2.53. The van der Waals surface area contributed by atoms with Crippen molar-refractivity contribution < 1.29 is 27.8 Å².